The van der Waals surface area contributed by atoms with E-state index in [9.17, 15) is 8.42 Å². The van der Waals surface area contributed by atoms with E-state index in [1.807, 2.05) is 13.0 Å². The van der Waals surface area contributed by atoms with Crippen molar-refractivity contribution in [3.05, 3.63) is 23.8 Å². The first-order chi connectivity index (χ1) is 7.00. The van der Waals surface area contributed by atoms with E-state index in [1.54, 1.807) is 6.07 Å². The maximum Gasteiger partial charge on any atom is 0.241 e. The van der Waals surface area contributed by atoms with Gasteiger partial charge in [-0.25, -0.2) is 13.6 Å². The number of benzene rings is 1. The highest BCUT2D eigenvalue weighted by atomic mass is 32.2. The molecule has 0 aliphatic rings. The van der Waals surface area contributed by atoms with Gasteiger partial charge in [-0.2, -0.15) is 0 Å². The monoisotopic (exact) mass is 229 g/mol. The molecule has 0 radical (unpaired) electrons. The zero-order chi connectivity index (χ0) is 11.5. The van der Waals surface area contributed by atoms with Crippen LogP contribution in [0.2, 0.25) is 0 Å². The van der Waals surface area contributed by atoms with E-state index in [1.165, 1.54) is 13.2 Å². The number of sulfonamides is 1. The molecule has 0 unspecified atom stereocenters. The third kappa shape index (κ3) is 2.70. The molecule has 0 amide bonds. The van der Waals surface area contributed by atoms with Crippen molar-refractivity contribution < 1.29 is 13.2 Å². The number of para-hydroxylation sites is 1. The van der Waals surface area contributed by atoms with Gasteiger partial charge in [-0.1, -0.05) is 25.5 Å². The Hall–Kier alpha value is -1.07. The van der Waals surface area contributed by atoms with Crippen LogP contribution in [0.4, 0.5) is 0 Å². The van der Waals surface area contributed by atoms with E-state index in [0.29, 0.717) is 5.75 Å². The third-order valence-electron chi connectivity index (χ3n) is 2.09. The van der Waals surface area contributed by atoms with Crippen molar-refractivity contribution in [1.29, 1.82) is 0 Å². The van der Waals surface area contributed by atoms with Gasteiger partial charge in [-0.05, 0) is 18.1 Å². The fraction of sp³-hybridized carbons (Fsp3) is 0.400. The summed E-state index contributed by atoms with van der Waals surface area (Å²) in [5.41, 5.74) is 0.867. The molecule has 0 aromatic heterocycles. The van der Waals surface area contributed by atoms with Gasteiger partial charge in [-0.15, -0.1) is 0 Å². The molecule has 15 heavy (non-hydrogen) atoms. The zero-order valence-electron chi connectivity index (χ0n) is 8.86. The molecule has 0 aliphatic carbocycles. The Morgan fingerprint density at radius 2 is 2.07 bits per heavy atom. The SMILES string of the molecule is CCCc1cccc(S(N)(=O)=O)c1OC. The van der Waals surface area contributed by atoms with Crippen LogP contribution in [0, 0.1) is 0 Å². The summed E-state index contributed by atoms with van der Waals surface area (Å²) in [6, 6.07) is 4.97. The lowest BCUT2D eigenvalue weighted by molar-refractivity contribution is 0.397. The Balaban J connectivity index is 3.35. The fourth-order valence-electron chi connectivity index (χ4n) is 1.48. The van der Waals surface area contributed by atoms with E-state index in [2.05, 4.69) is 0 Å². The second-order valence-electron chi connectivity index (χ2n) is 3.24. The molecule has 4 nitrogen and oxygen atoms in total. The molecule has 0 fully saturated rings. The average Bonchev–Trinajstić information content (AvgIpc) is 2.16. The van der Waals surface area contributed by atoms with Gasteiger partial charge >= 0.3 is 0 Å². The largest absolute Gasteiger partial charge is 0.495 e. The minimum absolute atomic E-state index is 0.0518. The van der Waals surface area contributed by atoms with Gasteiger partial charge in [0.1, 0.15) is 10.6 Å². The van der Waals surface area contributed by atoms with Crippen LogP contribution in [-0.2, 0) is 16.4 Å². The van der Waals surface area contributed by atoms with Crippen molar-refractivity contribution in [3.8, 4) is 5.75 Å². The molecule has 0 atom stereocenters. The van der Waals surface area contributed by atoms with Crippen LogP contribution in [0.3, 0.4) is 0 Å². The minimum Gasteiger partial charge on any atom is -0.495 e. The average molecular weight is 229 g/mol. The van der Waals surface area contributed by atoms with Crippen LogP contribution in [0.1, 0.15) is 18.9 Å². The molecule has 0 bridgehead atoms. The van der Waals surface area contributed by atoms with Crippen molar-refractivity contribution >= 4 is 10.0 Å². The molecule has 0 heterocycles. The number of hydrogen-bond acceptors (Lipinski definition) is 3. The van der Waals surface area contributed by atoms with Gasteiger partial charge in [0.2, 0.25) is 10.0 Å². The summed E-state index contributed by atoms with van der Waals surface area (Å²) in [6.07, 6.45) is 1.69. The van der Waals surface area contributed by atoms with Crippen LogP contribution in [0.15, 0.2) is 23.1 Å². The number of hydrogen-bond donors (Lipinski definition) is 1. The lowest BCUT2D eigenvalue weighted by Crippen LogP contribution is -2.14. The van der Waals surface area contributed by atoms with Gasteiger partial charge < -0.3 is 4.74 Å². The first kappa shape index (κ1) is 12.0. The van der Waals surface area contributed by atoms with Gasteiger partial charge in [0, 0.05) is 0 Å². The predicted molar refractivity (Wildman–Crippen MR) is 58.4 cm³/mol. The number of primary sulfonamides is 1. The summed E-state index contributed by atoms with van der Waals surface area (Å²) in [4.78, 5) is 0.0518. The second kappa shape index (κ2) is 4.63. The summed E-state index contributed by atoms with van der Waals surface area (Å²) >= 11 is 0. The Morgan fingerprint density at radius 3 is 2.53 bits per heavy atom. The molecule has 0 spiro atoms. The molecular weight excluding hydrogens is 214 g/mol. The van der Waals surface area contributed by atoms with Gasteiger partial charge in [0.15, 0.2) is 0 Å². The maximum atomic E-state index is 11.3. The topological polar surface area (TPSA) is 69.4 Å². The molecule has 2 N–H and O–H groups in total. The van der Waals surface area contributed by atoms with Crippen LogP contribution in [0.25, 0.3) is 0 Å². The van der Waals surface area contributed by atoms with Gasteiger partial charge in [0.05, 0.1) is 7.11 Å². The van der Waals surface area contributed by atoms with E-state index in [-0.39, 0.29) is 4.90 Å². The van der Waals surface area contributed by atoms with Gasteiger partial charge in [0.25, 0.3) is 0 Å². The third-order valence-corrected chi connectivity index (χ3v) is 3.02. The fourth-order valence-corrected chi connectivity index (χ4v) is 2.22. The maximum absolute atomic E-state index is 11.3. The van der Waals surface area contributed by atoms with Gasteiger partial charge in [-0.3, -0.25) is 0 Å². The molecule has 0 aliphatic heterocycles. The standard InChI is InChI=1S/C10H15NO3S/c1-3-5-8-6-4-7-9(10(8)14-2)15(11,12)13/h4,6-7H,3,5H2,1-2H3,(H2,11,12,13). The van der Waals surface area contributed by atoms with Crippen LogP contribution in [0.5, 0.6) is 5.75 Å². The first-order valence-electron chi connectivity index (χ1n) is 4.69. The number of rotatable bonds is 4. The summed E-state index contributed by atoms with van der Waals surface area (Å²) in [5.74, 6) is 0.363. The Bertz CT molecular complexity index is 440. The molecule has 0 saturated carbocycles. The van der Waals surface area contributed by atoms with Crippen molar-refractivity contribution in [1.82, 2.24) is 0 Å². The lowest BCUT2D eigenvalue weighted by atomic mass is 10.1. The molecule has 84 valence electrons. The predicted octanol–water partition coefficient (Wildman–Crippen LogP) is 1.30. The number of ether oxygens (including phenoxy) is 1. The summed E-state index contributed by atoms with van der Waals surface area (Å²) in [5, 5.41) is 5.09. The first-order valence-corrected chi connectivity index (χ1v) is 6.24. The van der Waals surface area contributed by atoms with E-state index >= 15 is 0 Å². The summed E-state index contributed by atoms with van der Waals surface area (Å²) in [7, 11) is -2.26. The van der Waals surface area contributed by atoms with Crippen molar-refractivity contribution in [2.75, 3.05) is 7.11 Å². The second-order valence-corrected chi connectivity index (χ2v) is 4.77. The molecular formula is C10H15NO3S. The quantitative estimate of drug-likeness (QED) is 0.846. The normalized spacial score (nSPS) is 11.4. The molecule has 5 heteroatoms. The van der Waals surface area contributed by atoms with Crippen molar-refractivity contribution in [2.45, 2.75) is 24.7 Å². The van der Waals surface area contributed by atoms with E-state index in [4.69, 9.17) is 9.88 Å². The van der Waals surface area contributed by atoms with Crippen LogP contribution in [-0.4, -0.2) is 15.5 Å². The molecule has 1 rings (SSSR count). The van der Waals surface area contributed by atoms with Crippen LogP contribution >= 0.6 is 0 Å². The number of nitrogens with two attached hydrogens (primary N) is 1. The van der Waals surface area contributed by atoms with Crippen molar-refractivity contribution in [3.63, 3.8) is 0 Å². The zero-order valence-corrected chi connectivity index (χ0v) is 9.67. The molecule has 1 aromatic carbocycles. The highest BCUT2D eigenvalue weighted by molar-refractivity contribution is 7.89. The Kier molecular flexibility index (Phi) is 3.71. The number of methoxy groups -OCH3 is 1. The van der Waals surface area contributed by atoms with Crippen LogP contribution < -0.4 is 9.88 Å². The molecule has 1 aromatic rings. The van der Waals surface area contributed by atoms with E-state index in [0.717, 1.165) is 18.4 Å². The van der Waals surface area contributed by atoms with Crippen molar-refractivity contribution in [2.24, 2.45) is 5.14 Å². The lowest BCUT2D eigenvalue weighted by Gasteiger charge is -2.11. The highest BCUT2D eigenvalue weighted by Crippen LogP contribution is 2.27. The highest BCUT2D eigenvalue weighted by Gasteiger charge is 2.17. The Labute approximate surface area is 90.1 Å². The smallest absolute Gasteiger partial charge is 0.241 e. The minimum atomic E-state index is -3.71. The molecule has 0 saturated heterocycles. The Morgan fingerprint density at radius 1 is 1.40 bits per heavy atom. The summed E-state index contributed by atoms with van der Waals surface area (Å²) in [6.45, 7) is 2.02. The van der Waals surface area contributed by atoms with E-state index < -0.39 is 10.0 Å². The summed E-state index contributed by atoms with van der Waals surface area (Å²) < 4.78 is 27.6. The number of aryl methyl sites for hydroxylation is 1.